The van der Waals surface area contributed by atoms with Crippen molar-refractivity contribution in [2.45, 2.75) is 19.3 Å². The van der Waals surface area contributed by atoms with Gasteiger partial charge in [0, 0.05) is 0 Å². The smallest absolute Gasteiger partial charge is 0.174 e. The van der Waals surface area contributed by atoms with Crippen LogP contribution in [0.2, 0.25) is 5.15 Å². The largest absolute Gasteiger partial charge is 0.396 e. The van der Waals surface area contributed by atoms with Crippen LogP contribution in [0.5, 0.6) is 0 Å². The maximum absolute atomic E-state index is 5.72. The molecule has 1 aliphatic heterocycles. The molecule has 0 saturated carbocycles. The monoisotopic (exact) mass is 243 g/mol. The second-order valence-corrected chi connectivity index (χ2v) is 5.42. The molecule has 1 aromatic heterocycles. The third kappa shape index (κ3) is 2.98. The summed E-state index contributed by atoms with van der Waals surface area (Å²) >= 11 is 7.75. The molecule has 82 valence electrons. The van der Waals surface area contributed by atoms with E-state index in [2.05, 4.69) is 10.2 Å². The Morgan fingerprint density at radius 1 is 1.40 bits per heavy atom. The van der Waals surface area contributed by atoms with Crippen molar-refractivity contribution in [1.29, 1.82) is 0 Å². The first kappa shape index (κ1) is 11.0. The number of thioether (sulfide) groups is 1. The average Bonchev–Trinajstić information content (AvgIpc) is 2.25. The number of nitrogen functional groups attached to an aromatic ring is 1. The van der Waals surface area contributed by atoms with Crippen molar-refractivity contribution >= 4 is 29.1 Å². The van der Waals surface area contributed by atoms with Crippen molar-refractivity contribution in [3.63, 3.8) is 0 Å². The normalized spacial score (nSPS) is 17.9. The van der Waals surface area contributed by atoms with Crippen LogP contribution in [0.1, 0.15) is 18.5 Å². The summed E-state index contributed by atoms with van der Waals surface area (Å²) in [6.07, 6.45) is 3.53. The molecule has 0 radical (unpaired) electrons. The van der Waals surface area contributed by atoms with Gasteiger partial charge in [-0.05, 0) is 42.8 Å². The minimum atomic E-state index is 0.304. The highest BCUT2D eigenvalue weighted by Crippen LogP contribution is 2.26. The van der Waals surface area contributed by atoms with Crippen LogP contribution in [0.4, 0.5) is 5.69 Å². The van der Waals surface area contributed by atoms with Gasteiger partial charge in [0.05, 0.1) is 11.4 Å². The zero-order valence-electron chi connectivity index (χ0n) is 8.45. The molecule has 1 aliphatic rings. The molecule has 0 aromatic carbocycles. The van der Waals surface area contributed by atoms with Crippen molar-refractivity contribution in [2.75, 3.05) is 17.2 Å². The first-order valence-electron chi connectivity index (χ1n) is 5.11. The van der Waals surface area contributed by atoms with Crippen LogP contribution >= 0.6 is 23.4 Å². The van der Waals surface area contributed by atoms with E-state index in [0.29, 0.717) is 10.8 Å². The standard InChI is InChI=1S/C10H14ClN3S/c11-10-9(12)6-8(13-14-10)5-7-1-3-15-4-2-7/h6-7H,1-5H2,(H2,12,13). The Kier molecular flexibility index (Phi) is 3.70. The fraction of sp³-hybridized carbons (Fsp3) is 0.600. The Hall–Kier alpha value is -0.480. The van der Waals surface area contributed by atoms with E-state index in [1.54, 1.807) is 0 Å². The van der Waals surface area contributed by atoms with E-state index in [4.69, 9.17) is 17.3 Å². The van der Waals surface area contributed by atoms with Crippen LogP contribution in [0, 0.1) is 5.92 Å². The summed E-state index contributed by atoms with van der Waals surface area (Å²) in [5.74, 6) is 3.27. The van der Waals surface area contributed by atoms with Crippen LogP contribution in [0.25, 0.3) is 0 Å². The Morgan fingerprint density at radius 2 is 2.13 bits per heavy atom. The number of nitrogens with two attached hydrogens (primary N) is 1. The van der Waals surface area contributed by atoms with E-state index in [-0.39, 0.29) is 0 Å². The first-order chi connectivity index (χ1) is 7.25. The van der Waals surface area contributed by atoms with E-state index in [9.17, 15) is 0 Å². The Bertz CT molecular complexity index is 339. The number of rotatable bonds is 2. The van der Waals surface area contributed by atoms with Crippen molar-refractivity contribution in [2.24, 2.45) is 5.92 Å². The van der Waals surface area contributed by atoms with Crippen molar-refractivity contribution in [3.8, 4) is 0 Å². The number of hydrogen-bond acceptors (Lipinski definition) is 4. The van der Waals surface area contributed by atoms with Crippen LogP contribution in [-0.4, -0.2) is 21.7 Å². The Labute approximate surface area is 98.8 Å². The number of aromatic nitrogens is 2. The van der Waals surface area contributed by atoms with Gasteiger partial charge in [-0.25, -0.2) is 0 Å². The van der Waals surface area contributed by atoms with E-state index >= 15 is 0 Å². The van der Waals surface area contributed by atoms with Gasteiger partial charge in [0.25, 0.3) is 0 Å². The van der Waals surface area contributed by atoms with Gasteiger partial charge in [-0.1, -0.05) is 11.6 Å². The lowest BCUT2D eigenvalue weighted by Crippen LogP contribution is -2.13. The molecule has 1 saturated heterocycles. The highest BCUT2D eigenvalue weighted by molar-refractivity contribution is 7.99. The number of halogens is 1. The average molecular weight is 244 g/mol. The van der Waals surface area contributed by atoms with Gasteiger partial charge >= 0.3 is 0 Å². The number of nitrogens with zero attached hydrogens (tertiary/aromatic N) is 2. The van der Waals surface area contributed by atoms with Gasteiger partial charge in [0.1, 0.15) is 0 Å². The molecular formula is C10H14ClN3S. The molecule has 2 rings (SSSR count). The number of hydrogen-bond donors (Lipinski definition) is 1. The molecule has 3 nitrogen and oxygen atoms in total. The summed E-state index contributed by atoms with van der Waals surface area (Å²) in [7, 11) is 0. The molecule has 0 bridgehead atoms. The lowest BCUT2D eigenvalue weighted by molar-refractivity contribution is 0.480. The van der Waals surface area contributed by atoms with Gasteiger partial charge in [-0.3, -0.25) is 0 Å². The molecule has 15 heavy (non-hydrogen) atoms. The summed E-state index contributed by atoms with van der Waals surface area (Å²) in [5.41, 5.74) is 7.19. The first-order valence-corrected chi connectivity index (χ1v) is 6.64. The maximum atomic E-state index is 5.72. The summed E-state index contributed by atoms with van der Waals surface area (Å²) in [6, 6.07) is 1.84. The van der Waals surface area contributed by atoms with E-state index in [1.807, 2.05) is 17.8 Å². The Balaban J connectivity index is 2.00. The second kappa shape index (κ2) is 5.03. The summed E-state index contributed by atoms with van der Waals surface area (Å²) < 4.78 is 0. The van der Waals surface area contributed by atoms with Crippen LogP contribution in [0.15, 0.2) is 6.07 Å². The minimum absolute atomic E-state index is 0.304. The molecule has 0 amide bonds. The molecule has 0 spiro atoms. The maximum Gasteiger partial charge on any atom is 0.174 e. The fourth-order valence-electron chi connectivity index (χ4n) is 1.78. The molecular weight excluding hydrogens is 230 g/mol. The lowest BCUT2D eigenvalue weighted by atomic mass is 9.97. The van der Waals surface area contributed by atoms with E-state index in [1.165, 1.54) is 24.3 Å². The molecule has 2 N–H and O–H groups in total. The summed E-state index contributed by atoms with van der Waals surface area (Å²) in [5, 5.41) is 8.20. The summed E-state index contributed by atoms with van der Waals surface area (Å²) in [6.45, 7) is 0. The third-order valence-electron chi connectivity index (χ3n) is 2.67. The van der Waals surface area contributed by atoms with E-state index in [0.717, 1.165) is 18.0 Å². The zero-order valence-corrected chi connectivity index (χ0v) is 10.0. The van der Waals surface area contributed by atoms with Gasteiger partial charge in [0.15, 0.2) is 5.15 Å². The van der Waals surface area contributed by atoms with Gasteiger partial charge < -0.3 is 5.73 Å². The molecule has 5 heteroatoms. The van der Waals surface area contributed by atoms with E-state index < -0.39 is 0 Å². The highest BCUT2D eigenvalue weighted by Gasteiger charge is 2.15. The van der Waals surface area contributed by atoms with Crippen LogP contribution < -0.4 is 5.73 Å². The van der Waals surface area contributed by atoms with Crippen molar-refractivity contribution in [3.05, 3.63) is 16.9 Å². The van der Waals surface area contributed by atoms with Gasteiger partial charge in [-0.2, -0.15) is 16.9 Å². The highest BCUT2D eigenvalue weighted by atomic mass is 35.5. The molecule has 1 fully saturated rings. The predicted molar refractivity (Wildman–Crippen MR) is 65.2 cm³/mol. The molecule has 1 aromatic rings. The SMILES string of the molecule is Nc1cc(CC2CCSCC2)nnc1Cl. The number of anilines is 1. The van der Waals surface area contributed by atoms with Crippen molar-refractivity contribution in [1.82, 2.24) is 10.2 Å². The predicted octanol–water partition coefficient (Wildman–Crippen LogP) is 2.40. The topological polar surface area (TPSA) is 51.8 Å². The minimum Gasteiger partial charge on any atom is -0.396 e. The van der Waals surface area contributed by atoms with Gasteiger partial charge in [0.2, 0.25) is 0 Å². The summed E-state index contributed by atoms with van der Waals surface area (Å²) in [4.78, 5) is 0. The second-order valence-electron chi connectivity index (χ2n) is 3.84. The molecule has 2 heterocycles. The fourth-order valence-corrected chi connectivity index (χ4v) is 3.08. The quantitative estimate of drug-likeness (QED) is 0.867. The molecule has 0 atom stereocenters. The molecule has 0 aliphatic carbocycles. The zero-order chi connectivity index (χ0) is 10.7. The Morgan fingerprint density at radius 3 is 2.80 bits per heavy atom. The van der Waals surface area contributed by atoms with Crippen LogP contribution in [-0.2, 0) is 6.42 Å². The lowest BCUT2D eigenvalue weighted by Gasteiger charge is -2.20. The van der Waals surface area contributed by atoms with Crippen molar-refractivity contribution < 1.29 is 0 Å². The van der Waals surface area contributed by atoms with Crippen LogP contribution in [0.3, 0.4) is 0 Å². The third-order valence-corrected chi connectivity index (χ3v) is 4.01. The molecule has 0 unspecified atom stereocenters. The van der Waals surface area contributed by atoms with Gasteiger partial charge in [-0.15, -0.1) is 5.10 Å².